The van der Waals surface area contributed by atoms with Gasteiger partial charge in [0.2, 0.25) is 0 Å². The summed E-state index contributed by atoms with van der Waals surface area (Å²) in [5.41, 5.74) is 10.1. The van der Waals surface area contributed by atoms with Crippen LogP contribution in [0, 0.1) is 13.8 Å². The van der Waals surface area contributed by atoms with Crippen molar-refractivity contribution in [1.29, 1.82) is 0 Å². The Kier molecular flexibility index (Phi) is 6.42. The molecule has 0 aliphatic carbocycles. The Bertz CT molecular complexity index is 983. The summed E-state index contributed by atoms with van der Waals surface area (Å²) >= 11 is 0. The van der Waals surface area contributed by atoms with E-state index >= 15 is 0 Å². The highest BCUT2D eigenvalue weighted by atomic mass is 35.5. The van der Waals surface area contributed by atoms with E-state index in [4.69, 9.17) is 5.73 Å². The number of hydrogen-bond acceptors (Lipinski definition) is 1. The first-order chi connectivity index (χ1) is 13.6. The van der Waals surface area contributed by atoms with Crippen molar-refractivity contribution in [1.82, 2.24) is 0 Å². The van der Waals surface area contributed by atoms with Crippen molar-refractivity contribution in [2.75, 3.05) is 5.73 Å². The van der Waals surface area contributed by atoms with Gasteiger partial charge in [0.15, 0.2) is 0 Å². The maximum Gasteiger partial charge on any atom is 0.146 e. The van der Waals surface area contributed by atoms with Crippen LogP contribution in [0.4, 0.5) is 5.69 Å². The molecule has 0 saturated heterocycles. The molecule has 4 aromatic carbocycles. The van der Waals surface area contributed by atoms with Crippen LogP contribution in [0.25, 0.3) is 0 Å². The minimum atomic E-state index is -2.12. The van der Waals surface area contributed by atoms with Gasteiger partial charge in [-0.05, 0) is 67.4 Å². The summed E-state index contributed by atoms with van der Waals surface area (Å²) in [6.07, 6.45) is 0. The molecule has 0 unspecified atom stereocenters. The maximum atomic E-state index is 6.78. The first kappa shape index (κ1) is 21.1. The van der Waals surface area contributed by atoms with Crippen LogP contribution < -0.4 is 39.4 Å². The number of hydrogen-bond donors (Lipinski definition) is 1. The summed E-state index contributed by atoms with van der Waals surface area (Å²) in [5, 5.41) is 5.21. The lowest BCUT2D eigenvalue weighted by atomic mass is 10.1. The fourth-order valence-electron chi connectivity index (χ4n) is 4.05. The number of benzene rings is 4. The van der Waals surface area contributed by atoms with Crippen molar-refractivity contribution >= 4 is 34.2 Å². The molecule has 146 valence electrons. The van der Waals surface area contributed by atoms with E-state index in [0.29, 0.717) is 0 Å². The molecule has 1 nitrogen and oxygen atoms in total. The third kappa shape index (κ3) is 3.69. The first-order valence-electron chi connectivity index (χ1n) is 9.57. The molecule has 0 heterocycles. The number of aryl methyl sites for hydroxylation is 2. The summed E-state index contributed by atoms with van der Waals surface area (Å²) in [4.78, 5) is 0. The van der Waals surface area contributed by atoms with Crippen LogP contribution in [-0.2, 0) is 0 Å². The molecule has 0 aliphatic rings. The summed E-state index contributed by atoms with van der Waals surface area (Å²) in [6.45, 7) is 4.27. The van der Waals surface area contributed by atoms with Crippen LogP contribution in [0.2, 0.25) is 0 Å². The fourth-order valence-corrected chi connectivity index (χ4v) is 8.58. The van der Waals surface area contributed by atoms with Crippen LogP contribution in [0.1, 0.15) is 11.1 Å². The van der Waals surface area contributed by atoms with Crippen LogP contribution in [0.5, 0.6) is 0 Å². The van der Waals surface area contributed by atoms with Gasteiger partial charge in [-0.1, -0.05) is 60.7 Å². The smallest absolute Gasteiger partial charge is 0.146 e. The standard InChI is InChI=1S/C26H25NP.ClH/c1-20-18-21(2)26(27)25(19-20)28(22-12-6-3-7-13-22,23-14-8-4-9-15-23)24-16-10-5-11-17-24;/h3-19H,27H2,1-2H3;1H/q+1;/p-1. The van der Waals surface area contributed by atoms with Crippen LogP contribution in [-0.4, -0.2) is 0 Å². The van der Waals surface area contributed by atoms with Gasteiger partial charge < -0.3 is 18.1 Å². The molecule has 0 radical (unpaired) electrons. The molecule has 0 fully saturated rings. The lowest BCUT2D eigenvalue weighted by Gasteiger charge is -2.29. The first-order valence-corrected chi connectivity index (χ1v) is 11.4. The lowest BCUT2D eigenvalue weighted by Crippen LogP contribution is -3.00. The van der Waals surface area contributed by atoms with Gasteiger partial charge >= 0.3 is 0 Å². The summed E-state index contributed by atoms with van der Waals surface area (Å²) in [5.74, 6) is 0. The molecule has 4 aromatic rings. The predicted molar refractivity (Wildman–Crippen MR) is 125 cm³/mol. The molecule has 4 rings (SSSR count). The van der Waals surface area contributed by atoms with Crippen molar-refractivity contribution in [2.45, 2.75) is 13.8 Å². The zero-order valence-electron chi connectivity index (χ0n) is 16.7. The Labute approximate surface area is 180 Å². The van der Waals surface area contributed by atoms with E-state index in [1.165, 1.54) is 26.8 Å². The highest BCUT2D eigenvalue weighted by Crippen LogP contribution is 2.55. The molecule has 0 saturated carbocycles. The maximum absolute atomic E-state index is 6.78. The second kappa shape index (κ2) is 8.82. The zero-order chi connectivity index (χ0) is 19.6. The van der Waals surface area contributed by atoms with E-state index in [9.17, 15) is 0 Å². The van der Waals surface area contributed by atoms with Crippen LogP contribution in [0.15, 0.2) is 103 Å². The largest absolute Gasteiger partial charge is 1.00 e. The summed E-state index contributed by atoms with van der Waals surface area (Å²) in [6, 6.07) is 37.0. The van der Waals surface area contributed by atoms with E-state index in [-0.39, 0.29) is 12.4 Å². The zero-order valence-corrected chi connectivity index (χ0v) is 18.4. The Balaban J connectivity index is 0.00000240. The van der Waals surface area contributed by atoms with E-state index in [0.717, 1.165) is 11.3 Å². The SMILES string of the molecule is Cc1cc(C)c(N)c([P+](c2ccccc2)(c2ccccc2)c2ccccc2)c1.[Cl-]. The lowest BCUT2D eigenvalue weighted by molar-refractivity contribution is -0.00000554. The second-order valence-corrected chi connectivity index (χ2v) is 10.6. The van der Waals surface area contributed by atoms with E-state index < -0.39 is 7.26 Å². The van der Waals surface area contributed by atoms with Gasteiger partial charge in [-0.3, -0.25) is 0 Å². The molecule has 0 aromatic heterocycles. The summed E-state index contributed by atoms with van der Waals surface area (Å²) < 4.78 is 0. The summed E-state index contributed by atoms with van der Waals surface area (Å²) in [7, 11) is -2.12. The van der Waals surface area contributed by atoms with Gasteiger partial charge in [-0.15, -0.1) is 0 Å². The molecule has 2 N–H and O–H groups in total. The molecule has 29 heavy (non-hydrogen) atoms. The highest BCUT2D eigenvalue weighted by Gasteiger charge is 2.49. The Morgan fingerprint density at radius 3 is 1.34 bits per heavy atom. The Hall–Kier alpha value is -2.60. The molecular formula is C26H25ClNP. The molecule has 0 aliphatic heterocycles. The number of anilines is 1. The van der Waals surface area contributed by atoms with Crippen molar-refractivity contribution in [3.8, 4) is 0 Å². The second-order valence-electron chi connectivity index (χ2n) is 7.19. The molecule has 3 heteroatoms. The van der Waals surface area contributed by atoms with Crippen LogP contribution in [0.3, 0.4) is 0 Å². The number of nitrogens with two attached hydrogens (primary N) is 1. The molecule has 0 amide bonds. The van der Waals surface area contributed by atoms with Gasteiger partial charge in [-0.2, -0.15) is 0 Å². The van der Waals surface area contributed by atoms with Crippen molar-refractivity contribution in [3.05, 3.63) is 114 Å². The number of nitrogen functional groups attached to an aromatic ring is 1. The average molecular weight is 418 g/mol. The van der Waals surface area contributed by atoms with Gasteiger partial charge in [0, 0.05) is 0 Å². The number of halogens is 1. The van der Waals surface area contributed by atoms with E-state index in [1.807, 2.05) is 0 Å². The third-order valence-corrected chi connectivity index (χ3v) is 9.61. The molecule has 0 atom stereocenters. The minimum Gasteiger partial charge on any atom is -1.00 e. The van der Waals surface area contributed by atoms with Gasteiger partial charge in [0.1, 0.15) is 28.5 Å². The van der Waals surface area contributed by atoms with Crippen molar-refractivity contribution < 1.29 is 12.4 Å². The highest BCUT2D eigenvalue weighted by molar-refractivity contribution is 8.01. The number of rotatable bonds is 4. The van der Waals surface area contributed by atoms with Crippen molar-refractivity contribution in [3.63, 3.8) is 0 Å². The average Bonchev–Trinajstić information content (AvgIpc) is 2.74. The van der Waals surface area contributed by atoms with Gasteiger partial charge in [0.25, 0.3) is 0 Å². The Morgan fingerprint density at radius 2 is 0.966 bits per heavy atom. The van der Waals surface area contributed by atoms with E-state index in [2.05, 4.69) is 117 Å². The normalized spacial score (nSPS) is 11.0. The molecule has 0 bridgehead atoms. The predicted octanol–water partition coefficient (Wildman–Crippen LogP) is 1.51. The third-order valence-electron chi connectivity index (χ3n) is 5.30. The topological polar surface area (TPSA) is 26.0 Å². The van der Waals surface area contributed by atoms with Crippen molar-refractivity contribution in [2.24, 2.45) is 0 Å². The minimum absolute atomic E-state index is 0. The van der Waals surface area contributed by atoms with Gasteiger partial charge in [-0.25, -0.2) is 0 Å². The fraction of sp³-hybridized carbons (Fsp3) is 0.0769. The molecular weight excluding hydrogens is 393 g/mol. The van der Waals surface area contributed by atoms with Gasteiger partial charge in [0.05, 0.1) is 5.69 Å². The Morgan fingerprint density at radius 1 is 0.586 bits per heavy atom. The van der Waals surface area contributed by atoms with E-state index in [1.54, 1.807) is 0 Å². The van der Waals surface area contributed by atoms with Crippen LogP contribution >= 0.6 is 7.26 Å². The monoisotopic (exact) mass is 417 g/mol. The quantitative estimate of drug-likeness (QED) is 0.395. The molecule has 0 spiro atoms.